The predicted molar refractivity (Wildman–Crippen MR) is 163 cm³/mol. The highest BCUT2D eigenvalue weighted by Crippen LogP contribution is 2.75. The lowest BCUT2D eigenvalue weighted by Gasteiger charge is -2.70. The van der Waals surface area contributed by atoms with Crippen LogP contribution in [0.15, 0.2) is 11.6 Å². The SMILES string of the molecule is CC1(C)CC[C@]2(C(=O)O)CC[C@]3(C)C(=CC(=O)C4[C@@]5(CO)CCC(ON[C@@H](C=O)CCC(=O)O)C(C)(C)C5CC[C@]43C)C2C1. The second-order valence-electron chi connectivity index (χ2n) is 16.8. The van der Waals surface area contributed by atoms with Gasteiger partial charge in [-0.2, -0.15) is 5.48 Å². The molecule has 0 aromatic heterocycles. The molecule has 0 heterocycles. The Morgan fingerprint density at radius 2 is 1.70 bits per heavy atom. The van der Waals surface area contributed by atoms with Gasteiger partial charge in [0.15, 0.2) is 5.78 Å². The number of carbonyl (C=O) groups is 4. The third-order valence-corrected chi connectivity index (χ3v) is 14.0. The van der Waals surface area contributed by atoms with Crippen molar-refractivity contribution in [3.63, 3.8) is 0 Å². The lowest BCUT2D eigenvalue weighted by molar-refractivity contribution is -0.235. The van der Waals surface area contributed by atoms with Crippen molar-refractivity contribution in [2.24, 2.45) is 50.2 Å². The van der Waals surface area contributed by atoms with Crippen LogP contribution in [-0.2, 0) is 24.0 Å². The van der Waals surface area contributed by atoms with Crippen molar-refractivity contribution in [1.82, 2.24) is 5.48 Å². The summed E-state index contributed by atoms with van der Waals surface area (Å²) in [5.41, 5.74) is 1.15. The number of aldehydes is 1. The fraction of sp³-hybridized carbons (Fsp3) is 0.829. The van der Waals surface area contributed by atoms with E-state index in [4.69, 9.17) is 9.94 Å². The van der Waals surface area contributed by atoms with Crippen LogP contribution in [0.2, 0.25) is 0 Å². The highest BCUT2D eigenvalue weighted by molar-refractivity contribution is 5.96. The first-order chi connectivity index (χ1) is 20.4. The molecule has 4 fully saturated rings. The van der Waals surface area contributed by atoms with Crippen LogP contribution in [0, 0.1) is 50.2 Å². The molecule has 9 atom stereocenters. The quantitative estimate of drug-likeness (QED) is 0.199. The molecule has 0 radical (unpaired) electrons. The Labute approximate surface area is 261 Å². The predicted octanol–water partition coefficient (Wildman–Crippen LogP) is 5.35. The van der Waals surface area contributed by atoms with E-state index in [-0.39, 0.29) is 54.0 Å². The fourth-order valence-electron chi connectivity index (χ4n) is 11.2. The molecule has 0 bridgehead atoms. The van der Waals surface area contributed by atoms with Crippen LogP contribution < -0.4 is 5.48 Å². The molecule has 44 heavy (non-hydrogen) atoms. The van der Waals surface area contributed by atoms with Crippen molar-refractivity contribution in [2.75, 3.05) is 6.61 Å². The van der Waals surface area contributed by atoms with Gasteiger partial charge in [0.2, 0.25) is 0 Å². The summed E-state index contributed by atoms with van der Waals surface area (Å²) in [4.78, 5) is 56.2. The average molecular weight is 616 g/mol. The molecule has 5 aliphatic carbocycles. The maximum absolute atomic E-state index is 14.6. The first-order valence-corrected chi connectivity index (χ1v) is 16.6. The molecule has 0 aliphatic heterocycles. The number of fused-ring (bicyclic) bond motifs is 7. The summed E-state index contributed by atoms with van der Waals surface area (Å²) >= 11 is 0. The van der Waals surface area contributed by atoms with Gasteiger partial charge in [-0.05, 0) is 104 Å². The maximum atomic E-state index is 14.6. The minimum absolute atomic E-state index is 0.000409. The number of nitrogens with one attached hydrogen (secondary N) is 1. The van der Waals surface area contributed by atoms with Crippen LogP contribution in [0.1, 0.15) is 112 Å². The normalized spacial score (nSPS) is 42.9. The summed E-state index contributed by atoms with van der Waals surface area (Å²) in [5, 5.41) is 30.9. The third kappa shape index (κ3) is 4.74. The van der Waals surface area contributed by atoms with Gasteiger partial charge in [-0.15, -0.1) is 0 Å². The van der Waals surface area contributed by atoms with Gasteiger partial charge in [-0.1, -0.05) is 47.1 Å². The van der Waals surface area contributed by atoms with Gasteiger partial charge >= 0.3 is 11.9 Å². The van der Waals surface area contributed by atoms with Crippen LogP contribution >= 0.6 is 0 Å². The highest BCUT2D eigenvalue weighted by Gasteiger charge is 2.72. The molecule has 0 spiro atoms. The Morgan fingerprint density at radius 1 is 1.02 bits per heavy atom. The summed E-state index contributed by atoms with van der Waals surface area (Å²) in [5.74, 6) is -2.27. The molecule has 5 rings (SSSR count). The summed E-state index contributed by atoms with van der Waals surface area (Å²) in [6.45, 7) is 13.1. The third-order valence-electron chi connectivity index (χ3n) is 14.0. The first kappa shape index (κ1) is 33.3. The lowest BCUT2D eigenvalue weighted by Crippen LogP contribution is -2.69. The summed E-state index contributed by atoms with van der Waals surface area (Å²) < 4.78 is 0. The summed E-state index contributed by atoms with van der Waals surface area (Å²) in [7, 11) is 0. The number of hydrogen-bond acceptors (Lipinski definition) is 7. The number of carbonyl (C=O) groups excluding carboxylic acids is 2. The van der Waals surface area contributed by atoms with E-state index in [0.29, 0.717) is 32.0 Å². The molecule has 0 amide bonds. The van der Waals surface area contributed by atoms with Crippen molar-refractivity contribution in [2.45, 2.75) is 124 Å². The fourth-order valence-corrected chi connectivity index (χ4v) is 11.2. The standard InChI is InChI=1S/C35H53NO8/c1-30(2)13-15-34(29(42)43)16-14-32(5)22(23(34)18-30)17-24(39)28-33(32,6)11-9-25-31(3,4)26(10-12-35(25,28)20-38)44-36-21(19-37)7-8-27(40)41/h17,19,21,23,25-26,28,36,38H,7-16,18,20H2,1-6H3,(H,40,41)(H,42,43)/t21-,23?,25?,26?,28?,32-,33-,34+,35-/m1/s1. The number of hydroxylamine groups is 1. The molecule has 0 saturated heterocycles. The molecule has 4 N–H and O–H groups in total. The molecule has 0 aromatic carbocycles. The number of carboxylic acid groups (broad SMARTS) is 2. The molecule has 246 valence electrons. The van der Waals surface area contributed by atoms with E-state index in [9.17, 15) is 29.4 Å². The zero-order chi connectivity index (χ0) is 32.5. The summed E-state index contributed by atoms with van der Waals surface area (Å²) in [6, 6.07) is -0.738. The van der Waals surface area contributed by atoms with Gasteiger partial charge in [-0.25, -0.2) is 0 Å². The number of allylic oxidation sites excluding steroid dienone is 2. The minimum atomic E-state index is -0.975. The second kappa shape index (κ2) is 11.0. The smallest absolute Gasteiger partial charge is 0.310 e. The Balaban J connectivity index is 1.49. The van der Waals surface area contributed by atoms with Gasteiger partial charge < -0.3 is 20.1 Å². The maximum Gasteiger partial charge on any atom is 0.310 e. The van der Waals surface area contributed by atoms with E-state index in [1.165, 1.54) is 0 Å². The molecular formula is C35H53NO8. The van der Waals surface area contributed by atoms with Gasteiger partial charge in [0.1, 0.15) is 6.29 Å². The van der Waals surface area contributed by atoms with E-state index >= 15 is 0 Å². The zero-order valence-electron chi connectivity index (χ0n) is 27.4. The Kier molecular flexibility index (Phi) is 8.33. The van der Waals surface area contributed by atoms with Gasteiger partial charge in [0, 0.05) is 24.4 Å². The second-order valence-corrected chi connectivity index (χ2v) is 16.8. The minimum Gasteiger partial charge on any atom is -0.481 e. The van der Waals surface area contributed by atoms with E-state index in [0.717, 1.165) is 37.7 Å². The first-order valence-electron chi connectivity index (χ1n) is 16.6. The molecule has 9 nitrogen and oxygen atoms in total. The van der Waals surface area contributed by atoms with Gasteiger partial charge in [0.25, 0.3) is 0 Å². The van der Waals surface area contributed by atoms with E-state index in [1.54, 1.807) is 0 Å². The van der Waals surface area contributed by atoms with Crippen LogP contribution in [0.25, 0.3) is 0 Å². The largest absolute Gasteiger partial charge is 0.481 e. The Bertz CT molecular complexity index is 1240. The number of hydrogen-bond donors (Lipinski definition) is 4. The average Bonchev–Trinajstić information content (AvgIpc) is 2.94. The van der Waals surface area contributed by atoms with Crippen molar-refractivity contribution in [3.8, 4) is 0 Å². The van der Waals surface area contributed by atoms with Crippen molar-refractivity contribution < 1.29 is 39.3 Å². The molecular weight excluding hydrogens is 562 g/mol. The van der Waals surface area contributed by atoms with Crippen molar-refractivity contribution in [1.29, 1.82) is 0 Å². The Hall–Kier alpha value is -2.10. The number of aliphatic hydroxyl groups is 1. The topological polar surface area (TPSA) is 150 Å². The monoisotopic (exact) mass is 615 g/mol. The van der Waals surface area contributed by atoms with Crippen LogP contribution in [0.4, 0.5) is 0 Å². The number of aliphatic carboxylic acids is 2. The Morgan fingerprint density at radius 3 is 2.32 bits per heavy atom. The molecule has 0 aromatic rings. The number of rotatable bonds is 9. The number of aliphatic hydroxyl groups excluding tert-OH is 1. The van der Waals surface area contributed by atoms with Gasteiger partial charge in [0.05, 0.1) is 17.6 Å². The van der Waals surface area contributed by atoms with Crippen LogP contribution in [0.5, 0.6) is 0 Å². The van der Waals surface area contributed by atoms with Crippen LogP contribution in [-0.4, -0.2) is 58.1 Å². The molecule has 5 aliphatic rings. The van der Waals surface area contributed by atoms with E-state index < -0.39 is 45.6 Å². The highest BCUT2D eigenvalue weighted by atomic mass is 16.7. The van der Waals surface area contributed by atoms with E-state index in [1.807, 2.05) is 6.08 Å². The van der Waals surface area contributed by atoms with Crippen molar-refractivity contribution in [3.05, 3.63) is 11.6 Å². The van der Waals surface area contributed by atoms with Crippen molar-refractivity contribution >= 4 is 24.0 Å². The van der Waals surface area contributed by atoms with Gasteiger partial charge in [-0.3, -0.25) is 19.2 Å². The van der Waals surface area contributed by atoms with E-state index in [2.05, 4.69) is 47.0 Å². The zero-order valence-corrected chi connectivity index (χ0v) is 27.4. The van der Waals surface area contributed by atoms with Crippen LogP contribution in [0.3, 0.4) is 0 Å². The lowest BCUT2D eigenvalue weighted by atomic mass is 9.33. The number of ketones is 1. The molecule has 4 unspecified atom stereocenters. The molecule has 9 heteroatoms. The molecule has 4 saturated carbocycles. The summed E-state index contributed by atoms with van der Waals surface area (Å²) in [6.07, 6.45) is 8.53. The number of carboxylic acids is 2.